The average Bonchev–Trinajstić information content (AvgIpc) is 3.22. The van der Waals surface area contributed by atoms with Crippen LogP contribution in [0.4, 0.5) is 15.9 Å². The highest BCUT2D eigenvalue weighted by Crippen LogP contribution is 2.37. The molecule has 1 aliphatic heterocycles. The maximum absolute atomic E-state index is 14.6. The molecule has 4 rings (SSSR count). The Morgan fingerprint density at radius 3 is 2.69 bits per heavy atom. The summed E-state index contributed by atoms with van der Waals surface area (Å²) < 4.78 is 26.2. The van der Waals surface area contributed by atoms with E-state index in [9.17, 15) is 4.39 Å². The van der Waals surface area contributed by atoms with Crippen LogP contribution in [0, 0.1) is 17.7 Å². The van der Waals surface area contributed by atoms with Gasteiger partial charge in [-0.05, 0) is 56.7 Å². The Morgan fingerprint density at radius 2 is 1.97 bits per heavy atom. The zero-order valence-electron chi connectivity index (χ0n) is 20.4. The molecule has 0 radical (unpaired) electrons. The van der Waals surface area contributed by atoms with Crippen LogP contribution in [0.5, 0.6) is 11.5 Å². The standard InChI is InChI=1S/C26H31Cl2FN4O2/c1-15(2)33-12-16(3)17(13-33)6-5-9-35-23-11-21-18(10-22(23)34-4)26(31-14-30-21)32-20-8-7-19(27)24(28)25(20)29/h7-8,10-11,14-17H,5-6,9,12-13H2,1-4H3,(H,30,31,32)/t16-,17+/m1/s1. The number of hydrogen-bond donors (Lipinski definition) is 1. The smallest absolute Gasteiger partial charge is 0.166 e. The topological polar surface area (TPSA) is 59.5 Å². The summed E-state index contributed by atoms with van der Waals surface area (Å²) in [4.78, 5) is 11.2. The highest BCUT2D eigenvalue weighted by Gasteiger charge is 2.30. The second-order valence-corrected chi connectivity index (χ2v) is 10.2. The lowest BCUT2D eigenvalue weighted by atomic mass is 9.93. The number of fused-ring (bicyclic) bond motifs is 1. The number of hydrogen-bond acceptors (Lipinski definition) is 6. The van der Waals surface area contributed by atoms with Gasteiger partial charge in [0, 0.05) is 30.6 Å². The van der Waals surface area contributed by atoms with E-state index < -0.39 is 5.82 Å². The first-order valence-electron chi connectivity index (χ1n) is 11.9. The van der Waals surface area contributed by atoms with Gasteiger partial charge in [-0.2, -0.15) is 0 Å². The van der Waals surface area contributed by atoms with Crippen molar-refractivity contribution < 1.29 is 13.9 Å². The van der Waals surface area contributed by atoms with Crippen LogP contribution in [-0.4, -0.2) is 47.7 Å². The van der Waals surface area contributed by atoms with Crippen molar-refractivity contribution in [3.63, 3.8) is 0 Å². The van der Waals surface area contributed by atoms with Crippen molar-refractivity contribution in [2.24, 2.45) is 11.8 Å². The lowest BCUT2D eigenvalue weighted by molar-refractivity contribution is 0.252. The molecule has 2 heterocycles. The van der Waals surface area contributed by atoms with Gasteiger partial charge in [0.15, 0.2) is 17.3 Å². The normalized spacial score (nSPS) is 18.4. The van der Waals surface area contributed by atoms with Crippen LogP contribution in [0.1, 0.15) is 33.6 Å². The summed E-state index contributed by atoms with van der Waals surface area (Å²) in [6.07, 6.45) is 3.51. The second kappa shape index (κ2) is 11.1. The van der Waals surface area contributed by atoms with E-state index in [0.717, 1.165) is 19.4 Å². The molecule has 0 unspecified atom stereocenters. The van der Waals surface area contributed by atoms with E-state index in [1.807, 2.05) is 6.07 Å². The summed E-state index contributed by atoms with van der Waals surface area (Å²) in [5.41, 5.74) is 0.812. The zero-order valence-corrected chi connectivity index (χ0v) is 22.0. The number of likely N-dealkylation sites (tertiary alicyclic amines) is 1. The minimum Gasteiger partial charge on any atom is -0.493 e. The van der Waals surface area contributed by atoms with Crippen molar-refractivity contribution in [2.45, 2.75) is 39.7 Å². The van der Waals surface area contributed by atoms with Gasteiger partial charge in [0.1, 0.15) is 12.1 Å². The van der Waals surface area contributed by atoms with Crippen molar-refractivity contribution in [1.29, 1.82) is 0 Å². The van der Waals surface area contributed by atoms with Gasteiger partial charge < -0.3 is 19.7 Å². The van der Waals surface area contributed by atoms with Crippen LogP contribution in [0.3, 0.4) is 0 Å². The van der Waals surface area contributed by atoms with Crippen molar-refractivity contribution >= 4 is 45.6 Å². The number of nitrogens with one attached hydrogen (secondary N) is 1. The highest BCUT2D eigenvalue weighted by molar-refractivity contribution is 6.42. The maximum atomic E-state index is 14.6. The van der Waals surface area contributed by atoms with E-state index in [4.69, 9.17) is 32.7 Å². The monoisotopic (exact) mass is 520 g/mol. The summed E-state index contributed by atoms with van der Waals surface area (Å²) >= 11 is 11.8. The van der Waals surface area contributed by atoms with Crippen LogP contribution in [0.15, 0.2) is 30.6 Å². The number of benzene rings is 2. The first kappa shape index (κ1) is 25.7. The SMILES string of the molecule is COc1cc2c(Nc3ccc(Cl)c(Cl)c3F)ncnc2cc1OCCC[C@H]1CN(C(C)C)C[C@H]1C. The number of nitrogens with zero attached hydrogens (tertiary/aromatic N) is 3. The summed E-state index contributed by atoms with van der Waals surface area (Å²) in [7, 11) is 1.59. The number of rotatable bonds is 9. The Balaban J connectivity index is 1.46. The summed E-state index contributed by atoms with van der Waals surface area (Å²) in [5.74, 6) is 2.35. The minimum absolute atomic E-state index is 0.144. The molecule has 6 nitrogen and oxygen atoms in total. The molecule has 9 heteroatoms. The number of methoxy groups -OCH3 is 1. The molecule has 0 aliphatic carbocycles. The predicted octanol–water partition coefficient (Wildman–Crippen LogP) is 6.96. The molecule has 0 amide bonds. The van der Waals surface area contributed by atoms with Crippen molar-refractivity contribution in [3.05, 3.63) is 46.5 Å². The fraction of sp³-hybridized carbons (Fsp3) is 0.462. The lowest BCUT2D eigenvalue weighted by Gasteiger charge is -2.20. The van der Waals surface area contributed by atoms with Crippen LogP contribution in [0.25, 0.3) is 10.9 Å². The Morgan fingerprint density at radius 1 is 1.17 bits per heavy atom. The second-order valence-electron chi connectivity index (χ2n) is 9.37. The van der Waals surface area contributed by atoms with E-state index in [1.165, 1.54) is 25.0 Å². The number of anilines is 2. The lowest BCUT2D eigenvalue weighted by Crippen LogP contribution is -2.28. The third-order valence-corrected chi connectivity index (χ3v) is 7.49. The van der Waals surface area contributed by atoms with Gasteiger partial charge in [-0.3, -0.25) is 0 Å². The molecule has 1 aromatic heterocycles. The van der Waals surface area contributed by atoms with Crippen LogP contribution in [0.2, 0.25) is 10.0 Å². The largest absolute Gasteiger partial charge is 0.493 e. The summed E-state index contributed by atoms with van der Waals surface area (Å²) in [6, 6.07) is 7.25. The van der Waals surface area contributed by atoms with Crippen molar-refractivity contribution in [3.8, 4) is 11.5 Å². The van der Waals surface area contributed by atoms with Gasteiger partial charge in [-0.1, -0.05) is 30.1 Å². The van der Waals surface area contributed by atoms with Crippen LogP contribution >= 0.6 is 23.2 Å². The number of aromatic nitrogens is 2. The molecule has 1 aliphatic rings. The quantitative estimate of drug-likeness (QED) is 0.243. The molecule has 2 aromatic carbocycles. The van der Waals surface area contributed by atoms with Gasteiger partial charge >= 0.3 is 0 Å². The molecule has 1 N–H and O–H groups in total. The Labute approximate surface area is 215 Å². The van der Waals surface area contributed by atoms with Gasteiger partial charge in [-0.15, -0.1) is 0 Å². The van der Waals surface area contributed by atoms with Gasteiger partial charge in [0.05, 0.1) is 35.0 Å². The molecular weight excluding hydrogens is 490 g/mol. The Bertz CT molecular complexity index is 1190. The van der Waals surface area contributed by atoms with Crippen molar-refractivity contribution in [1.82, 2.24) is 14.9 Å². The molecule has 3 aromatic rings. The molecule has 0 bridgehead atoms. The zero-order chi connectivity index (χ0) is 25.1. The number of halogens is 3. The molecule has 188 valence electrons. The molecular formula is C26H31Cl2FN4O2. The van der Waals surface area contributed by atoms with Gasteiger partial charge in [0.25, 0.3) is 0 Å². The fourth-order valence-electron chi connectivity index (χ4n) is 4.59. The minimum atomic E-state index is -0.647. The average molecular weight is 521 g/mol. The van der Waals surface area contributed by atoms with E-state index in [1.54, 1.807) is 13.2 Å². The number of ether oxygens (including phenoxy) is 2. The molecule has 1 saturated heterocycles. The van der Waals surface area contributed by atoms with Crippen LogP contribution < -0.4 is 14.8 Å². The molecule has 0 spiro atoms. The van der Waals surface area contributed by atoms with Crippen LogP contribution in [-0.2, 0) is 0 Å². The van der Waals surface area contributed by atoms with E-state index in [2.05, 4.69) is 41.0 Å². The molecule has 0 saturated carbocycles. The fourth-order valence-corrected chi connectivity index (χ4v) is 4.90. The third-order valence-electron chi connectivity index (χ3n) is 6.71. The Kier molecular flexibility index (Phi) is 8.19. The first-order chi connectivity index (χ1) is 16.8. The highest BCUT2D eigenvalue weighted by atomic mass is 35.5. The first-order valence-corrected chi connectivity index (χ1v) is 12.6. The Hall–Kier alpha value is -2.35. The maximum Gasteiger partial charge on any atom is 0.166 e. The van der Waals surface area contributed by atoms with E-state index in [0.29, 0.717) is 52.7 Å². The third kappa shape index (κ3) is 5.74. The van der Waals surface area contributed by atoms with Gasteiger partial charge in [-0.25, -0.2) is 14.4 Å². The molecule has 1 fully saturated rings. The van der Waals surface area contributed by atoms with Gasteiger partial charge in [0.2, 0.25) is 0 Å². The summed E-state index contributed by atoms with van der Waals surface area (Å²) in [5, 5.41) is 3.64. The summed E-state index contributed by atoms with van der Waals surface area (Å²) in [6.45, 7) is 9.78. The molecule has 2 atom stereocenters. The molecule has 35 heavy (non-hydrogen) atoms. The van der Waals surface area contributed by atoms with E-state index in [-0.39, 0.29) is 15.7 Å². The van der Waals surface area contributed by atoms with E-state index >= 15 is 0 Å². The van der Waals surface area contributed by atoms with Crippen molar-refractivity contribution in [2.75, 3.05) is 32.1 Å². The predicted molar refractivity (Wildman–Crippen MR) is 140 cm³/mol.